The van der Waals surface area contributed by atoms with Crippen LogP contribution in [-0.2, 0) is 19.1 Å². The molecular weight excluding hydrogens is 366 g/mol. The van der Waals surface area contributed by atoms with Crippen LogP contribution in [0, 0.1) is 0 Å². The molecule has 4 nitrogen and oxygen atoms in total. The zero-order valence-electron chi connectivity index (χ0n) is 16.0. The summed E-state index contributed by atoms with van der Waals surface area (Å²) in [5.74, 6) is -3.95. The molecule has 0 heterocycles. The average Bonchev–Trinajstić information content (AvgIpc) is 2.94. The number of benzene rings is 2. The maximum atomic E-state index is 11.8. The number of hydrogen-bond acceptors (Lipinski definition) is 4. The van der Waals surface area contributed by atoms with Crippen LogP contribution in [0.15, 0.2) is 60.7 Å². The van der Waals surface area contributed by atoms with Gasteiger partial charge in [-0.3, -0.25) is 4.79 Å². The minimum atomic E-state index is -2.91. The number of esters is 2. The maximum absolute atomic E-state index is 11.8. The van der Waals surface area contributed by atoms with Gasteiger partial charge in [-0.05, 0) is 18.1 Å². The maximum Gasteiger partial charge on any atom is 0.334 e. The summed E-state index contributed by atoms with van der Waals surface area (Å²) in [7, 11) is 0. The fourth-order valence-corrected chi connectivity index (χ4v) is 2.67. The SMILES string of the molecule is C=C(C)C(=O)OC1c2ccccc2-c2ccccc21.CC(=O)OCC(C)(F)F. The Morgan fingerprint density at radius 1 is 1.00 bits per heavy atom. The minimum absolute atomic E-state index is 0.323. The first-order chi connectivity index (χ1) is 13.1. The molecule has 0 aromatic heterocycles. The van der Waals surface area contributed by atoms with Crippen molar-refractivity contribution in [1.29, 1.82) is 0 Å². The number of carbonyl (C=O) groups is 2. The summed E-state index contributed by atoms with van der Waals surface area (Å²) in [6.45, 7) is 6.24. The lowest BCUT2D eigenvalue weighted by atomic mass is 10.1. The molecule has 1 aliphatic rings. The number of fused-ring (bicyclic) bond motifs is 3. The van der Waals surface area contributed by atoms with E-state index in [1.165, 1.54) is 0 Å². The van der Waals surface area contributed by atoms with Gasteiger partial charge in [0, 0.05) is 30.5 Å². The first-order valence-electron chi connectivity index (χ1n) is 8.66. The first kappa shape index (κ1) is 21.3. The Morgan fingerprint density at radius 2 is 1.46 bits per heavy atom. The molecule has 0 unspecified atom stereocenters. The van der Waals surface area contributed by atoms with Gasteiger partial charge in [-0.25, -0.2) is 13.6 Å². The molecule has 0 saturated heterocycles. The molecule has 148 valence electrons. The number of alkyl halides is 2. The minimum Gasteiger partial charge on any atom is -0.459 e. The van der Waals surface area contributed by atoms with Crippen LogP contribution in [0.1, 0.15) is 38.0 Å². The molecule has 0 radical (unpaired) electrons. The van der Waals surface area contributed by atoms with Crippen LogP contribution < -0.4 is 0 Å². The highest BCUT2D eigenvalue weighted by Crippen LogP contribution is 2.45. The van der Waals surface area contributed by atoms with Crippen molar-refractivity contribution < 1.29 is 27.8 Å². The molecule has 3 rings (SSSR count). The van der Waals surface area contributed by atoms with E-state index in [1.54, 1.807) is 6.92 Å². The number of hydrogen-bond donors (Lipinski definition) is 0. The second kappa shape index (κ2) is 8.78. The van der Waals surface area contributed by atoms with Gasteiger partial charge in [-0.2, -0.15) is 0 Å². The van der Waals surface area contributed by atoms with E-state index in [0.717, 1.165) is 29.2 Å². The highest BCUT2D eigenvalue weighted by molar-refractivity contribution is 5.88. The van der Waals surface area contributed by atoms with Gasteiger partial charge < -0.3 is 9.47 Å². The van der Waals surface area contributed by atoms with Crippen LogP contribution in [-0.4, -0.2) is 24.5 Å². The van der Waals surface area contributed by atoms with E-state index < -0.39 is 18.5 Å². The van der Waals surface area contributed by atoms with E-state index in [1.807, 2.05) is 36.4 Å². The van der Waals surface area contributed by atoms with Gasteiger partial charge in [0.05, 0.1) is 0 Å². The van der Waals surface area contributed by atoms with Crippen LogP contribution in [0.2, 0.25) is 0 Å². The Bertz CT molecular complexity index is 839. The first-order valence-corrected chi connectivity index (χ1v) is 8.66. The zero-order chi connectivity index (χ0) is 20.9. The lowest BCUT2D eigenvalue weighted by Gasteiger charge is -2.14. The summed E-state index contributed by atoms with van der Waals surface area (Å²) in [6.07, 6.45) is -0.323. The molecule has 2 aromatic carbocycles. The van der Waals surface area contributed by atoms with Crippen molar-refractivity contribution in [3.05, 3.63) is 71.8 Å². The van der Waals surface area contributed by atoms with Crippen molar-refractivity contribution in [2.75, 3.05) is 6.61 Å². The average molecular weight is 388 g/mol. The lowest BCUT2D eigenvalue weighted by Crippen LogP contribution is -2.20. The predicted octanol–water partition coefficient (Wildman–Crippen LogP) is 5.08. The third-order valence-electron chi connectivity index (χ3n) is 3.88. The molecule has 0 amide bonds. The van der Waals surface area contributed by atoms with Crippen LogP contribution in [0.4, 0.5) is 8.78 Å². The van der Waals surface area contributed by atoms with Gasteiger partial charge in [-0.15, -0.1) is 0 Å². The molecular formula is C22H22F2O4. The zero-order valence-corrected chi connectivity index (χ0v) is 16.0. The van der Waals surface area contributed by atoms with Gasteiger partial charge in [-0.1, -0.05) is 55.1 Å². The van der Waals surface area contributed by atoms with E-state index in [0.29, 0.717) is 12.5 Å². The molecule has 0 N–H and O–H groups in total. The van der Waals surface area contributed by atoms with Crippen molar-refractivity contribution in [2.24, 2.45) is 0 Å². The lowest BCUT2D eigenvalue weighted by molar-refractivity contribution is -0.150. The Kier molecular flexibility index (Phi) is 6.67. The fourth-order valence-electron chi connectivity index (χ4n) is 2.67. The predicted molar refractivity (Wildman–Crippen MR) is 102 cm³/mol. The fraction of sp³-hybridized carbons (Fsp3) is 0.273. The molecule has 0 atom stereocenters. The van der Waals surface area contributed by atoms with Gasteiger partial charge in [0.15, 0.2) is 12.7 Å². The van der Waals surface area contributed by atoms with E-state index in [-0.39, 0.29) is 12.1 Å². The molecule has 28 heavy (non-hydrogen) atoms. The second-order valence-electron chi connectivity index (χ2n) is 6.59. The number of ether oxygens (including phenoxy) is 2. The molecule has 6 heteroatoms. The van der Waals surface area contributed by atoms with E-state index in [4.69, 9.17) is 4.74 Å². The van der Waals surface area contributed by atoms with Crippen molar-refractivity contribution in [2.45, 2.75) is 32.8 Å². The smallest absolute Gasteiger partial charge is 0.334 e. The third-order valence-corrected chi connectivity index (χ3v) is 3.88. The van der Waals surface area contributed by atoms with E-state index in [9.17, 15) is 18.4 Å². The molecule has 0 aliphatic heterocycles. The third kappa shape index (κ3) is 5.49. The molecule has 0 spiro atoms. The van der Waals surface area contributed by atoms with E-state index >= 15 is 0 Å². The molecule has 0 bridgehead atoms. The summed E-state index contributed by atoms with van der Waals surface area (Å²) < 4.78 is 33.2. The van der Waals surface area contributed by atoms with Gasteiger partial charge in [0.2, 0.25) is 0 Å². The Labute approximate surface area is 162 Å². The Balaban J connectivity index is 0.000000266. The standard InChI is InChI=1S/C17H14O2.C5H8F2O2/c1-11(2)17(18)19-16-14-9-5-3-7-12(14)13-8-4-6-10-15(13)16;1-4(8)9-3-5(2,6)7/h3-10,16H,1H2,2H3;3H2,1-2H3. The Hall–Kier alpha value is -3.02. The van der Waals surface area contributed by atoms with E-state index in [2.05, 4.69) is 23.4 Å². The quantitative estimate of drug-likeness (QED) is 0.541. The molecule has 0 fully saturated rings. The summed E-state index contributed by atoms with van der Waals surface area (Å²) in [4.78, 5) is 21.7. The van der Waals surface area contributed by atoms with Crippen molar-refractivity contribution in [3.8, 4) is 11.1 Å². The summed E-state index contributed by atoms with van der Waals surface area (Å²) >= 11 is 0. The summed E-state index contributed by atoms with van der Waals surface area (Å²) in [5.41, 5.74) is 4.77. The van der Waals surface area contributed by atoms with Crippen molar-refractivity contribution in [1.82, 2.24) is 0 Å². The highest BCUT2D eigenvalue weighted by atomic mass is 19.3. The van der Waals surface area contributed by atoms with Crippen molar-refractivity contribution >= 4 is 11.9 Å². The summed E-state index contributed by atoms with van der Waals surface area (Å²) in [6, 6.07) is 16.1. The number of rotatable bonds is 4. The van der Waals surface area contributed by atoms with Crippen LogP contribution >= 0.6 is 0 Å². The number of carbonyl (C=O) groups excluding carboxylic acids is 2. The highest BCUT2D eigenvalue weighted by Gasteiger charge is 2.30. The topological polar surface area (TPSA) is 52.6 Å². The second-order valence-corrected chi connectivity index (χ2v) is 6.59. The van der Waals surface area contributed by atoms with Crippen LogP contribution in [0.3, 0.4) is 0 Å². The summed E-state index contributed by atoms with van der Waals surface area (Å²) in [5, 5.41) is 0. The van der Waals surface area contributed by atoms with Gasteiger partial charge >= 0.3 is 11.9 Å². The molecule has 2 aromatic rings. The van der Waals surface area contributed by atoms with Crippen LogP contribution in [0.25, 0.3) is 11.1 Å². The monoisotopic (exact) mass is 388 g/mol. The molecule has 0 saturated carbocycles. The Morgan fingerprint density at radius 3 is 1.82 bits per heavy atom. The largest absolute Gasteiger partial charge is 0.459 e. The molecule has 1 aliphatic carbocycles. The normalized spacial score (nSPS) is 12.2. The van der Waals surface area contributed by atoms with Crippen LogP contribution in [0.5, 0.6) is 0 Å². The van der Waals surface area contributed by atoms with Gasteiger partial charge in [0.25, 0.3) is 5.92 Å². The number of halogens is 2. The van der Waals surface area contributed by atoms with Gasteiger partial charge in [0.1, 0.15) is 0 Å². The van der Waals surface area contributed by atoms with Crippen molar-refractivity contribution in [3.63, 3.8) is 0 Å².